The molecule has 14 heavy (non-hydrogen) atoms. The summed E-state index contributed by atoms with van der Waals surface area (Å²) in [5.41, 5.74) is 0. The summed E-state index contributed by atoms with van der Waals surface area (Å²) in [6, 6.07) is 2.19. The fraction of sp³-hybridized carbons (Fsp3) is 0.900. The Kier molecular flexibility index (Phi) is 5.53. The lowest BCUT2D eigenvalue weighted by atomic mass is 10.4. The van der Waals surface area contributed by atoms with Crippen LogP contribution in [0.1, 0.15) is 6.92 Å². The number of morpholine rings is 1. The lowest BCUT2D eigenvalue weighted by molar-refractivity contribution is 0.0342. The maximum Gasteiger partial charge on any atom is 0.0866 e. The fourth-order valence-corrected chi connectivity index (χ4v) is 1.56. The summed E-state index contributed by atoms with van der Waals surface area (Å²) in [4.78, 5) is 4.55. The Hall–Kier alpha value is -0.630. The SMILES string of the molecule is CCN(CC#N)CCN1CCOCC1. The summed E-state index contributed by atoms with van der Waals surface area (Å²) in [6.07, 6.45) is 0. The number of likely N-dealkylation sites (N-methyl/N-ethyl adjacent to an activating group) is 1. The van der Waals surface area contributed by atoms with Crippen LogP contribution >= 0.6 is 0 Å². The van der Waals surface area contributed by atoms with Crippen LogP contribution in [0.2, 0.25) is 0 Å². The first kappa shape index (κ1) is 11.4. The van der Waals surface area contributed by atoms with Crippen LogP contribution in [0.4, 0.5) is 0 Å². The Morgan fingerprint density at radius 2 is 2.14 bits per heavy atom. The van der Waals surface area contributed by atoms with E-state index in [-0.39, 0.29) is 0 Å². The summed E-state index contributed by atoms with van der Waals surface area (Å²) in [5, 5.41) is 8.58. The topological polar surface area (TPSA) is 39.5 Å². The Labute approximate surface area is 86.0 Å². The largest absolute Gasteiger partial charge is 0.379 e. The van der Waals surface area contributed by atoms with Crippen molar-refractivity contribution in [2.75, 3.05) is 52.5 Å². The molecule has 0 unspecified atom stereocenters. The van der Waals surface area contributed by atoms with Crippen molar-refractivity contribution < 1.29 is 4.74 Å². The van der Waals surface area contributed by atoms with Crippen LogP contribution in [-0.4, -0.2) is 62.3 Å². The van der Waals surface area contributed by atoms with Gasteiger partial charge in [0.25, 0.3) is 0 Å². The summed E-state index contributed by atoms with van der Waals surface area (Å²) in [5.74, 6) is 0. The molecule has 0 aliphatic carbocycles. The van der Waals surface area contributed by atoms with Gasteiger partial charge in [0, 0.05) is 26.2 Å². The van der Waals surface area contributed by atoms with Crippen LogP contribution in [0.25, 0.3) is 0 Å². The maximum absolute atomic E-state index is 8.58. The van der Waals surface area contributed by atoms with Crippen LogP contribution in [-0.2, 0) is 4.74 Å². The predicted octanol–water partition coefficient (Wildman–Crippen LogP) is 0.164. The molecule has 4 heteroatoms. The number of nitriles is 1. The molecule has 1 fully saturated rings. The molecule has 0 amide bonds. The van der Waals surface area contributed by atoms with Crippen molar-refractivity contribution in [3.63, 3.8) is 0 Å². The molecule has 0 atom stereocenters. The van der Waals surface area contributed by atoms with E-state index in [9.17, 15) is 0 Å². The highest BCUT2D eigenvalue weighted by atomic mass is 16.5. The lowest BCUT2D eigenvalue weighted by Gasteiger charge is -2.28. The van der Waals surface area contributed by atoms with Crippen molar-refractivity contribution in [1.29, 1.82) is 5.26 Å². The minimum absolute atomic E-state index is 0.542. The molecular weight excluding hydrogens is 178 g/mol. The third kappa shape index (κ3) is 4.05. The number of hydrogen-bond acceptors (Lipinski definition) is 4. The Balaban J connectivity index is 2.14. The third-order valence-electron chi connectivity index (χ3n) is 2.58. The van der Waals surface area contributed by atoms with E-state index in [1.165, 1.54) is 0 Å². The van der Waals surface area contributed by atoms with Crippen molar-refractivity contribution in [3.8, 4) is 6.07 Å². The van der Waals surface area contributed by atoms with Crippen molar-refractivity contribution in [2.24, 2.45) is 0 Å². The fourth-order valence-electron chi connectivity index (χ4n) is 1.56. The minimum atomic E-state index is 0.542. The first-order valence-corrected chi connectivity index (χ1v) is 5.26. The highest BCUT2D eigenvalue weighted by Gasteiger charge is 2.11. The maximum atomic E-state index is 8.58. The van der Waals surface area contributed by atoms with Gasteiger partial charge in [-0.1, -0.05) is 6.92 Å². The molecular formula is C10H19N3O. The van der Waals surface area contributed by atoms with E-state index < -0.39 is 0 Å². The monoisotopic (exact) mass is 197 g/mol. The van der Waals surface area contributed by atoms with E-state index in [2.05, 4.69) is 22.8 Å². The average Bonchev–Trinajstić information content (AvgIpc) is 2.25. The van der Waals surface area contributed by atoms with Gasteiger partial charge in [-0.2, -0.15) is 5.26 Å². The smallest absolute Gasteiger partial charge is 0.0866 e. The van der Waals surface area contributed by atoms with E-state index in [1.807, 2.05) is 0 Å². The van der Waals surface area contributed by atoms with E-state index in [4.69, 9.17) is 10.00 Å². The van der Waals surface area contributed by atoms with Gasteiger partial charge in [0.1, 0.15) is 0 Å². The number of nitrogens with zero attached hydrogens (tertiary/aromatic N) is 3. The van der Waals surface area contributed by atoms with E-state index >= 15 is 0 Å². The summed E-state index contributed by atoms with van der Waals surface area (Å²) >= 11 is 0. The van der Waals surface area contributed by atoms with Gasteiger partial charge in [-0.15, -0.1) is 0 Å². The molecule has 80 valence electrons. The predicted molar refractivity (Wildman–Crippen MR) is 55.0 cm³/mol. The molecule has 0 bridgehead atoms. The standard InChI is InChI=1S/C10H19N3O/c1-2-12(4-3-11)5-6-13-7-9-14-10-8-13/h2,4-10H2,1H3. The second-order valence-corrected chi connectivity index (χ2v) is 3.48. The second-order valence-electron chi connectivity index (χ2n) is 3.48. The third-order valence-corrected chi connectivity index (χ3v) is 2.58. The highest BCUT2D eigenvalue weighted by molar-refractivity contribution is 4.76. The van der Waals surface area contributed by atoms with Crippen molar-refractivity contribution in [2.45, 2.75) is 6.92 Å². The van der Waals surface area contributed by atoms with Crippen LogP contribution in [0, 0.1) is 11.3 Å². The Morgan fingerprint density at radius 1 is 1.43 bits per heavy atom. The van der Waals surface area contributed by atoms with Gasteiger partial charge in [-0.05, 0) is 6.54 Å². The van der Waals surface area contributed by atoms with Crippen LogP contribution < -0.4 is 0 Å². The molecule has 1 saturated heterocycles. The molecule has 0 radical (unpaired) electrons. The molecule has 0 saturated carbocycles. The molecule has 0 aromatic heterocycles. The van der Waals surface area contributed by atoms with E-state index in [0.29, 0.717) is 6.54 Å². The highest BCUT2D eigenvalue weighted by Crippen LogP contribution is 1.97. The first-order chi connectivity index (χ1) is 6.86. The zero-order valence-electron chi connectivity index (χ0n) is 8.91. The Bertz CT molecular complexity index is 184. The van der Waals surface area contributed by atoms with Crippen LogP contribution in [0.5, 0.6) is 0 Å². The number of rotatable bonds is 5. The molecule has 1 aliphatic rings. The molecule has 0 spiro atoms. The normalized spacial score (nSPS) is 18.4. The van der Waals surface area contributed by atoms with E-state index in [1.54, 1.807) is 0 Å². The van der Waals surface area contributed by atoms with Gasteiger partial charge in [-0.3, -0.25) is 9.80 Å². The zero-order chi connectivity index (χ0) is 10.2. The first-order valence-electron chi connectivity index (χ1n) is 5.26. The van der Waals surface area contributed by atoms with Gasteiger partial charge in [-0.25, -0.2) is 0 Å². The lowest BCUT2D eigenvalue weighted by Crippen LogP contribution is -2.41. The second kappa shape index (κ2) is 6.77. The van der Waals surface area contributed by atoms with Crippen molar-refractivity contribution in [1.82, 2.24) is 9.80 Å². The quantitative estimate of drug-likeness (QED) is 0.589. The number of hydrogen-bond donors (Lipinski definition) is 0. The Morgan fingerprint density at radius 3 is 2.71 bits per heavy atom. The molecule has 4 nitrogen and oxygen atoms in total. The average molecular weight is 197 g/mol. The van der Waals surface area contributed by atoms with Gasteiger partial charge >= 0.3 is 0 Å². The molecule has 0 N–H and O–H groups in total. The molecule has 0 aromatic rings. The summed E-state index contributed by atoms with van der Waals surface area (Å²) in [6.45, 7) is 9.40. The van der Waals surface area contributed by atoms with Crippen LogP contribution in [0.15, 0.2) is 0 Å². The summed E-state index contributed by atoms with van der Waals surface area (Å²) in [7, 11) is 0. The minimum Gasteiger partial charge on any atom is -0.379 e. The number of ether oxygens (including phenoxy) is 1. The molecule has 1 heterocycles. The molecule has 1 aliphatic heterocycles. The molecule has 0 aromatic carbocycles. The summed E-state index contributed by atoms with van der Waals surface area (Å²) < 4.78 is 5.27. The van der Waals surface area contributed by atoms with Crippen LogP contribution in [0.3, 0.4) is 0 Å². The van der Waals surface area contributed by atoms with Gasteiger partial charge < -0.3 is 4.74 Å². The van der Waals surface area contributed by atoms with Gasteiger partial charge in [0.15, 0.2) is 0 Å². The van der Waals surface area contributed by atoms with Gasteiger partial charge in [0.05, 0.1) is 25.8 Å². The van der Waals surface area contributed by atoms with E-state index in [0.717, 1.165) is 45.9 Å². The molecule has 1 rings (SSSR count). The van der Waals surface area contributed by atoms with Crippen molar-refractivity contribution in [3.05, 3.63) is 0 Å². The van der Waals surface area contributed by atoms with Crippen molar-refractivity contribution >= 4 is 0 Å². The zero-order valence-corrected chi connectivity index (χ0v) is 8.91. The van der Waals surface area contributed by atoms with Gasteiger partial charge in [0.2, 0.25) is 0 Å².